The van der Waals surface area contributed by atoms with E-state index in [0.29, 0.717) is 41.4 Å². The molecular formula is C27H29N5O4. The lowest BCUT2D eigenvalue weighted by Gasteiger charge is -2.25. The summed E-state index contributed by atoms with van der Waals surface area (Å²) in [5, 5.41) is 5.83. The number of aromatic nitrogens is 3. The van der Waals surface area contributed by atoms with E-state index < -0.39 is 0 Å². The Morgan fingerprint density at radius 1 is 0.972 bits per heavy atom. The highest BCUT2D eigenvalue weighted by Gasteiger charge is 2.21. The number of anilines is 1. The molecule has 36 heavy (non-hydrogen) atoms. The second-order valence-corrected chi connectivity index (χ2v) is 8.95. The third-order valence-electron chi connectivity index (χ3n) is 6.08. The van der Waals surface area contributed by atoms with Crippen molar-refractivity contribution in [3.05, 3.63) is 77.7 Å². The highest BCUT2D eigenvalue weighted by molar-refractivity contribution is 6.04. The molecule has 9 nitrogen and oxygen atoms in total. The normalized spacial score (nSPS) is 11.2. The summed E-state index contributed by atoms with van der Waals surface area (Å²) in [6, 6.07) is 16.3. The molecule has 186 valence electrons. The van der Waals surface area contributed by atoms with Gasteiger partial charge in [-0.1, -0.05) is 26.0 Å². The van der Waals surface area contributed by atoms with Crippen LogP contribution >= 0.6 is 0 Å². The summed E-state index contributed by atoms with van der Waals surface area (Å²) in [4.78, 5) is 36.5. The van der Waals surface area contributed by atoms with Gasteiger partial charge in [-0.25, -0.2) is 9.97 Å². The molecule has 0 saturated carbocycles. The minimum absolute atomic E-state index is 0.200. The second kappa shape index (κ2) is 10.5. The van der Waals surface area contributed by atoms with Crippen molar-refractivity contribution in [2.24, 2.45) is 0 Å². The van der Waals surface area contributed by atoms with Crippen molar-refractivity contribution < 1.29 is 19.1 Å². The number of H-pyrrole nitrogens is 1. The van der Waals surface area contributed by atoms with Crippen LogP contribution in [0.3, 0.4) is 0 Å². The van der Waals surface area contributed by atoms with Crippen molar-refractivity contribution in [1.82, 2.24) is 20.3 Å². The van der Waals surface area contributed by atoms with Crippen molar-refractivity contribution in [3.8, 4) is 11.5 Å². The van der Waals surface area contributed by atoms with Crippen LogP contribution in [0.4, 0.5) is 5.69 Å². The first-order valence-electron chi connectivity index (χ1n) is 11.5. The van der Waals surface area contributed by atoms with Gasteiger partial charge in [-0.3, -0.25) is 9.59 Å². The number of ether oxygens (including phenoxy) is 2. The van der Waals surface area contributed by atoms with Crippen LogP contribution in [0.5, 0.6) is 11.5 Å². The Hall–Kier alpha value is -4.40. The predicted octanol–water partition coefficient (Wildman–Crippen LogP) is 4.33. The third kappa shape index (κ3) is 5.46. The molecule has 2 heterocycles. The highest BCUT2D eigenvalue weighted by Crippen LogP contribution is 2.29. The maximum Gasteiger partial charge on any atom is 0.287 e. The van der Waals surface area contributed by atoms with Crippen molar-refractivity contribution in [2.75, 3.05) is 26.1 Å². The van der Waals surface area contributed by atoms with E-state index in [1.807, 2.05) is 30.3 Å². The van der Waals surface area contributed by atoms with Gasteiger partial charge in [0.1, 0.15) is 0 Å². The standard InChI is InChI=1S/C27H29N5O4/c1-27(2,13-15-29-26(34)24-31-20-6-5-14-28-23(20)32-24)18-8-10-19(11-9-18)30-25(33)17-7-12-21(35-3)22(16-17)36-4/h5-12,14,16H,13,15H2,1-4H3,(H,29,34)(H,30,33)(H,28,31,32). The van der Waals surface area contributed by atoms with Gasteiger partial charge >= 0.3 is 0 Å². The Labute approximate surface area is 209 Å². The summed E-state index contributed by atoms with van der Waals surface area (Å²) in [5.74, 6) is 0.789. The minimum Gasteiger partial charge on any atom is -0.493 e. The Morgan fingerprint density at radius 3 is 2.42 bits per heavy atom. The number of benzene rings is 2. The quantitative estimate of drug-likeness (QED) is 0.324. The fraction of sp³-hybridized carbons (Fsp3) is 0.259. The lowest BCUT2D eigenvalue weighted by Crippen LogP contribution is -2.30. The van der Waals surface area contributed by atoms with Crippen LogP contribution in [-0.2, 0) is 5.41 Å². The fourth-order valence-corrected chi connectivity index (χ4v) is 3.85. The molecule has 9 heteroatoms. The van der Waals surface area contributed by atoms with Crippen LogP contribution in [0, 0.1) is 0 Å². The van der Waals surface area contributed by atoms with Crippen LogP contribution in [0.25, 0.3) is 11.2 Å². The molecule has 2 aromatic heterocycles. The number of hydrogen-bond acceptors (Lipinski definition) is 6. The lowest BCUT2D eigenvalue weighted by atomic mass is 9.81. The van der Waals surface area contributed by atoms with E-state index in [2.05, 4.69) is 39.4 Å². The number of fused-ring (bicyclic) bond motifs is 1. The molecule has 2 aromatic carbocycles. The average molecular weight is 488 g/mol. The molecule has 0 atom stereocenters. The number of aromatic amines is 1. The van der Waals surface area contributed by atoms with Gasteiger partial charge in [0, 0.05) is 24.0 Å². The molecule has 0 spiro atoms. The Kier molecular flexibility index (Phi) is 7.19. The number of methoxy groups -OCH3 is 2. The number of nitrogens with zero attached hydrogens (tertiary/aromatic N) is 2. The van der Waals surface area contributed by atoms with Crippen LogP contribution < -0.4 is 20.1 Å². The molecule has 4 rings (SSSR count). The molecule has 0 unspecified atom stereocenters. The van der Waals surface area contributed by atoms with Gasteiger partial charge in [-0.2, -0.15) is 0 Å². The van der Waals surface area contributed by atoms with Gasteiger partial charge in [0.05, 0.1) is 19.7 Å². The van der Waals surface area contributed by atoms with Crippen LogP contribution in [-0.4, -0.2) is 47.5 Å². The highest BCUT2D eigenvalue weighted by atomic mass is 16.5. The van der Waals surface area contributed by atoms with E-state index in [0.717, 1.165) is 11.1 Å². The Bertz CT molecular complexity index is 1350. The van der Waals surface area contributed by atoms with Crippen molar-refractivity contribution in [3.63, 3.8) is 0 Å². The van der Waals surface area contributed by atoms with E-state index in [-0.39, 0.29) is 23.1 Å². The average Bonchev–Trinajstić information content (AvgIpc) is 3.33. The van der Waals surface area contributed by atoms with Crippen molar-refractivity contribution in [1.29, 1.82) is 0 Å². The van der Waals surface area contributed by atoms with E-state index in [9.17, 15) is 9.59 Å². The smallest absolute Gasteiger partial charge is 0.287 e. The number of carbonyl (C=O) groups is 2. The molecule has 0 aliphatic heterocycles. The topological polar surface area (TPSA) is 118 Å². The van der Waals surface area contributed by atoms with E-state index >= 15 is 0 Å². The fourth-order valence-electron chi connectivity index (χ4n) is 3.85. The first kappa shape index (κ1) is 24.7. The zero-order valence-electron chi connectivity index (χ0n) is 20.7. The molecule has 4 aromatic rings. The van der Waals surface area contributed by atoms with Gasteiger partial charge in [0.2, 0.25) is 0 Å². The van der Waals surface area contributed by atoms with Crippen molar-refractivity contribution in [2.45, 2.75) is 25.7 Å². The molecule has 0 radical (unpaired) electrons. The van der Waals surface area contributed by atoms with Gasteiger partial charge in [0.25, 0.3) is 11.8 Å². The molecule has 0 aliphatic rings. The number of amides is 2. The molecule has 2 amide bonds. The monoisotopic (exact) mass is 487 g/mol. The molecule has 3 N–H and O–H groups in total. The lowest BCUT2D eigenvalue weighted by molar-refractivity contribution is 0.0941. The number of rotatable bonds is 9. The van der Waals surface area contributed by atoms with Crippen molar-refractivity contribution >= 4 is 28.7 Å². The van der Waals surface area contributed by atoms with Gasteiger partial charge in [-0.05, 0) is 59.9 Å². The minimum atomic E-state index is -0.267. The largest absolute Gasteiger partial charge is 0.493 e. The van der Waals surface area contributed by atoms with Gasteiger partial charge in [0.15, 0.2) is 23.0 Å². The summed E-state index contributed by atoms with van der Waals surface area (Å²) in [6.45, 7) is 4.71. The zero-order chi connectivity index (χ0) is 25.7. The number of pyridine rings is 1. The first-order valence-corrected chi connectivity index (χ1v) is 11.5. The predicted molar refractivity (Wildman–Crippen MR) is 138 cm³/mol. The van der Waals surface area contributed by atoms with Crippen LogP contribution in [0.15, 0.2) is 60.8 Å². The molecule has 0 bridgehead atoms. The Morgan fingerprint density at radius 2 is 1.72 bits per heavy atom. The van der Waals surface area contributed by atoms with E-state index in [1.54, 1.807) is 37.6 Å². The molecular weight excluding hydrogens is 458 g/mol. The molecule has 0 fully saturated rings. The summed E-state index contributed by atoms with van der Waals surface area (Å²) >= 11 is 0. The number of imidazole rings is 1. The zero-order valence-corrected chi connectivity index (χ0v) is 20.7. The first-order chi connectivity index (χ1) is 17.3. The summed E-state index contributed by atoms with van der Waals surface area (Å²) in [5.41, 5.74) is 3.28. The maximum absolute atomic E-state index is 12.7. The number of nitrogens with one attached hydrogen (secondary N) is 3. The van der Waals surface area contributed by atoms with Crippen LogP contribution in [0.1, 0.15) is 46.8 Å². The van der Waals surface area contributed by atoms with Crippen LogP contribution in [0.2, 0.25) is 0 Å². The second-order valence-electron chi connectivity index (χ2n) is 8.95. The Balaban J connectivity index is 1.33. The summed E-state index contributed by atoms with van der Waals surface area (Å²) in [6.07, 6.45) is 2.36. The molecule has 0 saturated heterocycles. The SMILES string of the molecule is COc1ccc(C(=O)Nc2ccc(C(C)(C)CCNC(=O)c3nc4ncccc4[nH]3)cc2)cc1OC. The van der Waals surface area contributed by atoms with E-state index in [4.69, 9.17) is 9.47 Å². The van der Waals surface area contributed by atoms with Gasteiger partial charge in [-0.15, -0.1) is 0 Å². The van der Waals surface area contributed by atoms with E-state index in [1.165, 1.54) is 7.11 Å². The van der Waals surface area contributed by atoms with Gasteiger partial charge < -0.3 is 25.1 Å². The maximum atomic E-state index is 12.7. The number of carbonyl (C=O) groups excluding carboxylic acids is 2. The third-order valence-corrected chi connectivity index (χ3v) is 6.08. The summed E-state index contributed by atoms with van der Waals surface area (Å²) in [7, 11) is 3.08. The number of hydrogen-bond donors (Lipinski definition) is 3. The summed E-state index contributed by atoms with van der Waals surface area (Å²) < 4.78 is 10.5. The molecule has 0 aliphatic carbocycles.